The molecule has 0 radical (unpaired) electrons. The quantitative estimate of drug-likeness (QED) is 0.720. The summed E-state index contributed by atoms with van der Waals surface area (Å²) in [6.45, 7) is 4.20. The van der Waals surface area contributed by atoms with Crippen molar-refractivity contribution in [2.24, 2.45) is 0 Å². The number of ether oxygens (including phenoxy) is 1. The zero-order chi connectivity index (χ0) is 10.6. The lowest BCUT2D eigenvalue weighted by atomic mass is 9.92. The monoisotopic (exact) mass is 201 g/mol. The molecule has 1 rings (SSSR count). The third-order valence-electron chi connectivity index (χ3n) is 3.22. The Hall–Kier alpha value is -0.120. The van der Waals surface area contributed by atoms with Gasteiger partial charge in [0.25, 0.3) is 0 Å². The summed E-state index contributed by atoms with van der Waals surface area (Å²) < 4.78 is 5.26. The zero-order valence-corrected chi connectivity index (χ0v) is 9.49. The first kappa shape index (κ1) is 12.0. The van der Waals surface area contributed by atoms with Crippen LogP contribution in [0.5, 0.6) is 0 Å². The molecule has 1 aliphatic rings. The molecule has 0 aromatic rings. The lowest BCUT2D eigenvalue weighted by Crippen LogP contribution is -2.45. The smallest absolute Gasteiger partial charge is 0.0693 e. The second-order valence-corrected chi connectivity index (χ2v) is 4.41. The molecule has 4 atom stereocenters. The van der Waals surface area contributed by atoms with Crippen molar-refractivity contribution < 1.29 is 9.84 Å². The summed E-state index contributed by atoms with van der Waals surface area (Å²) in [6.07, 6.45) is 4.29. The first-order valence-electron chi connectivity index (χ1n) is 5.60. The van der Waals surface area contributed by atoms with Crippen LogP contribution >= 0.6 is 0 Å². The molecule has 0 spiro atoms. The van der Waals surface area contributed by atoms with E-state index in [1.807, 2.05) is 0 Å². The van der Waals surface area contributed by atoms with E-state index in [2.05, 4.69) is 19.2 Å². The summed E-state index contributed by atoms with van der Waals surface area (Å²) in [7, 11) is 1.73. The molecular formula is C11H23NO2. The Morgan fingerprint density at radius 1 is 1.36 bits per heavy atom. The maximum Gasteiger partial charge on any atom is 0.0693 e. The van der Waals surface area contributed by atoms with E-state index in [0.29, 0.717) is 12.1 Å². The van der Waals surface area contributed by atoms with E-state index < -0.39 is 0 Å². The Balaban J connectivity index is 2.28. The molecule has 14 heavy (non-hydrogen) atoms. The summed E-state index contributed by atoms with van der Waals surface area (Å²) in [4.78, 5) is 0. The van der Waals surface area contributed by atoms with Crippen molar-refractivity contribution in [2.45, 2.75) is 63.8 Å². The topological polar surface area (TPSA) is 41.5 Å². The van der Waals surface area contributed by atoms with Gasteiger partial charge in [-0.3, -0.25) is 0 Å². The van der Waals surface area contributed by atoms with Crippen molar-refractivity contribution in [3.05, 3.63) is 0 Å². The summed E-state index contributed by atoms with van der Waals surface area (Å²) in [5.74, 6) is 0. The van der Waals surface area contributed by atoms with Gasteiger partial charge < -0.3 is 15.2 Å². The molecule has 0 saturated heterocycles. The summed E-state index contributed by atoms with van der Waals surface area (Å²) in [5, 5.41) is 13.0. The molecule has 3 nitrogen and oxygen atoms in total. The Labute approximate surface area is 86.8 Å². The number of nitrogens with one attached hydrogen (secondary N) is 1. The standard InChI is InChI=1S/C11H23NO2/c1-8(9(2)14-3)12-10-5-4-6-11(13)7-10/h8-13H,4-7H2,1-3H3. The van der Waals surface area contributed by atoms with Crippen molar-refractivity contribution >= 4 is 0 Å². The van der Waals surface area contributed by atoms with Gasteiger partial charge in [-0.15, -0.1) is 0 Å². The average Bonchev–Trinajstić information content (AvgIpc) is 2.16. The van der Waals surface area contributed by atoms with E-state index in [9.17, 15) is 5.11 Å². The molecule has 0 aromatic carbocycles. The van der Waals surface area contributed by atoms with Gasteiger partial charge in [-0.1, -0.05) is 0 Å². The Morgan fingerprint density at radius 3 is 2.64 bits per heavy atom. The molecule has 1 saturated carbocycles. The minimum absolute atomic E-state index is 0.105. The van der Waals surface area contributed by atoms with Gasteiger partial charge in [0, 0.05) is 19.2 Å². The largest absolute Gasteiger partial charge is 0.393 e. The highest BCUT2D eigenvalue weighted by molar-refractivity contribution is 4.81. The molecule has 1 aliphatic carbocycles. The van der Waals surface area contributed by atoms with Crippen LogP contribution in [0.15, 0.2) is 0 Å². The maximum absolute atomic E-state index is 9.52. The molecule has 2 N–H and O–H groups in total. The van der Waals surface area contributed by atoms with E-state index in [4.69, 9.17) is 4.74 Å². The first-order chi connectivity index (χ1) is 6.63. The minimum atomic E-state index is -0.105. The second kappa shape index (κ2) is 5.69. The highest BCUT2D eigenvalue weighted by Gasteiger charge is 2.22. The van der Waals surface area contributed by atoms with Crippen molar-refractivity contribution in [2.75, 3.05) is 7.11 Å². The molecule has 0 bridgehead atoms. The Kier molecular flexibility index (Phi) is 4.85. The van der Waals surface area contributed by atoms with Crippen molar-refractivity contribution in [1.29, 1.82) is 0 Å². The second-order valence-electron chi connectivity index (χ2n) is 4.41. The summed E-state index contributed by atoms with van der Waals surface area (Å²) >= 11 is 0. The number of aliphatic hydroxyl groups is 1. The number of hydrogen-bond donors (Lipinski definition) is 2. The molecule has 4 unspecified atom stereocenters. The van der Waals surface area contributed by atoms with Gasteiger partial charge in [0.1, 0.15) is 0 Å². The Bertz CT molecular complexity index is 163. The molecule has 0 amide bonds. The fourth-order valence-electron chi connectivity index (χ4n) is 2.03. The lowest BCUT2D eigenvalue weighted by molar-refractivity contribution is 0.0679. The normalized spacial score (nSPS) is 32.6. The van der Waals surface area contributed by atoms with Gasteiger partial charge in [0.2, 0.25) is 0 Å². The van der Waals surface area contributed by atoms with E-state index in [1.54, 1.807) is 7.11 Å². The molecule has 0 aromatic heterocycles. The molecule has 1 fully saturated rings. The van der Waals surface area contributed by atoms with Crippen molar-refractivity contribution in [3.8, 4) is 0 Å². The van der Waals surface area contributed by atoms with Crippen LogP contribution in [-0.2, 0) is 4.74 Å². The van der Waals surface area contributed by atoms with Crippen LogP contribution in [0, 0.1) is 0 Å². The SMILES string of the molecule is COC(C)C(C)NC1CCCC(O)C1. The number of aliphatic hydroxyl groups excluding tert-OH is 1. The van der Waals surface area contributed by atoms with Crippen LogP contribution < -0.4 is 5.32 Å². The predicted octanol–water partition coefficient (Wildman–Crippen LogP) is 1.30. The van der Waals surface area contributed by atoms with Gasteiger partial charge in [-0.2, -0.15) is 0 Å². The average molecular weight is 201 g/mol. The van der Waals surface area contributed by atoms with Crippen LogP contribution in [-0.4, -0.2) is 36.5 Å². The molecule has 0 heterocycles. The van der Waals surface area contributed by atoms with E-state index in [0.717, 1.165) is 19.3 Å². The maximum atomic E-state index is 9.52. The van der Waals surface area contributed by atoms with Crippen molar-refractivity contribution in [1.82, 2.24) is 5.32 Å². The van der Waals surface area contributed by atoms with E-state index in [1.165, 1.54) is 6.42 Å². The van der Waals surface area contributed by atoms with Crippen LogP contribution in [0.3, 0.4) is 0 Å². The van der Waals surface area contributed by atoms with Crippen LogP contribution in [0.2, 0.25) is 0 Å². The van der Waals surface area contributed by atoms with Gasteiger partial charge in [0.15, 0.2) is 0 Å². The number of rotatable bonds is 4. The highest BCUT2D eigenvalue weighted by atomic mass is 16.5. The molecule has 0 aliphatic heterocycles. The molecular weight excluding hydrogens is 178 g/mol. The number of methoxy groups -OCH3 is 1. The van der Waals surface area contributed by atoms with Gasteiger partial charge in [0.05, 0.1) is 12.2 Å². The van der Waals surface area contributed by atoms with E-state index in [-0.39, 0.29) is 12.2 Å². The van der Waals surface area contributed by atoms with E-state index >= 15 is 0 Å². The van der Waals surface area contributed by atoms with Crippen LogP contribution in [0.1, 0.15) is 39.5 Å². The minimum Gasteiger partial charge on any atom is -0.393 e. The molecule has 3 heteroatoms. The summed E-state index contributed by atoms with van der Waals surface area (Å²) in [5.41, 5.74) is 0. The predicted molar refractivity (Wildman–Crippen MR) is 57.3 cm³/mol. The highest BCUT2D eigenvalue weighted by Crippen LogP contribution is 2.19. The fourth-order valence-corrected chi connectivity index (χ4v) is 2.03. The van der Waals surface area contributed by atoms with Gasteiger partial charge in [-0.05, 0) is 39.5 Å². The third-order valence-corrected chi connectivity index (χ3v) is 3.22. The number of hydrogen-bond acceptors (Lipinski definition) is 3. The first-order valence-corrected chi connectivity index (χ1v) is 5.60. The third kappa shape index (κ3) is 3.56. The van der Waals surface area contributed by atoms with Gasteiger partial charge >= 0.3 is 0 Å². The van der Waals surface area contributed by atoms with Crippen LogP contribution in [0.4, 0.5) is 0 Å². The van der Waals surface area contributed by atoms with Crippen LogP contribution in [0.25, 0.3) is 0 Å². The Morgan fingerprint density at radius 2 is 2.07 bits per heavy atom. The lowest BCUT2D eigenvalue weighted by Gasteiger charge is -2.31. The summed E-state index contributed by atoms with van der Waals surface area (Å²) in [6, 6.07) is 0.821. The molecule has 84 valence electrons. The van der Waals surface area contributed by atoms with Gasteiger partial charge in [-0.25, -0.2) is 0 Å². The fraction of sp³-hybridized carbons (Fsp3) is 1.00. The zero-order valence-electron chi connectivity index (χ0n) is 9.49. The van der Waals surface area contributed by atoms with Crippen molar-refractivity contribution in [3.63, 3.8) is 0 Å².